The molecule has 2 aliphatic heterocycles. The first-order valence-corrected chi connectivity index (χ1v) is 6.08. The number of anilines is 2. The van der Waals surface area contributed by atoms with E-state index in [0.29, 0.717) is 6.54 Å². The van der Waals surface area contributed by atoms with Gasteiger partial charge in [-0.15, -0.1) is 0 Å². The van der Waals surface area contributed by atoms with E-state index in [2.05, 4.69) is 5.32 Å². The summed E-state index contributed by atoms with van der Waals surface area (Å²) in [6.07, 6.45) is 0. The van der Waals surface area contributed by atoms with Crippen molar-refractivity contribution < 1.29 is 9.59 Å². The molecule has 3 amide bonds. The molecule has 0 radical (unpaired) electrons. The normalized spacial score (nSPS) is 17.9. The van der Waals surface area contributed by atoms with Crippen molar-refractivity contribution in [1.29, 1.82) is 0 Å². The van der Waals surface area contributed by atoms with E-state index in [1.54, 1.807) is 9.80 Å². The molecule has 0 saturated heterocycles. The SMILES string of the molecule is CC(C)N1Cc2cccc3c2N(CC(=O)N3)C1=O. The number of urea groups is 1. The van der Waals surface area contributed by atoms with Gasteiger partial charge in [0.25, 0.3) is 0 Å². The maximum atomic E-state index is 12.4. The van der Waals surface area contributed by atoms with Crippen molar-refractivity contribution in [2.24, 2.45) is 0 Å². The van der Waals surface area contributed by atoms with Gasteiger partial charge in [0.1, 0.15) is 6.54 Å². The lowest BCUT2D eigenvalue weighted by molar-refractivity contribution is -0.115. The summed E-state index contributed by atoms with van der Waals surface area (Å²) in [5.41, 5.74) is 2.68. The molecule has 18 heavy (non-hydrogen) atoms. The van der Waals surface area contributed by atoms with E-state index in [-0.39, 0.29) is 24.5 Å². The van der Waals surface area contributed by atoms with E-state index >= 15 is 0 Å². The van der Waals surface area contributed by atoms with Crippen molar-refractivity contribution in [1.82, 2.24) is 4.90 Å². The summed E-state index contributed by atoms with van der Waals surface area (Å²) in [5.74, 6) is -0.140. The lowest BCUT2D eigenvalue weighted by atomic mass is 10.0. The number of rotatable bonds is 1. The second kappa shape index (κ2) is 3.73. The van der Waals surface area contributed by atoms with Gasteiger partial charge in [-0.2, -0.15) is 0 Å². The predicted molar refractivity (Wildman–Crippen MR) is 68.5 cm³/mol. The van der Waals surface area contributed by atoms with Gasteiger partial charge in [-0.1, -0.05) is 12.1 Å². The smallest absolute Gasteiger partial charge is 0.323 e. The zero-order valence-corrected chi connectivity index (χ0v) is 10.4. The molecule has 1 aromatic rings. The van der Waals surface area contributed by atoms with Crippen molar-refractivity contribution in [2.75, 3.05) is 16.8 Å². The molecule has 0 saturated carbocycles. The number of carbonyl (C=O) groups excluding carboxylic acids is 2. The fourth-order valence-corrected chi connectivity index (χ4v) is 2.52. The van der Waals surface area contributed by atoms with Gasteiger partial charge in [0.2, 0.25) is 5.91 Å². The van der Waals surface area contributed by atoms with Gasteiger partial charge in [0.05, 0.1) is 11.4 Å². The van der Waals surface area contributed by atoms with Crippen molar-refractivity contribution in [3.63, 3.8) is 0 Å². The predicted octanol–water partition coefficient (Wildman–Crippen LogP) is 1.79. The summed E-state index contributed by atoms with van der Waals surface area (Å²) >= 11 is 0. The van der Waals surface area contributed by atoms with E-state index in [4.69, 9.17) is 0 Å². The Bertz CT molecular complexity index is 539. The van der Waals surface area contributed by atoms with Gasteiger partial charge in [0.15, 0.2) is 0 Å². The third-order valence-electron chi connectivity index (χ3n) is 3.41. The Morgan fingerprint density at radius 2 is 2.00 bits per heavy atom. The summed E-state index contributed by atoms with van der Waals surface area (Å²) < 4.78 is 0. The Labute approximate surface area is 105 Å². The van der Waals surface area contributed by atoms with Gasteiger partial charge in [-0.25, -0.2) is 4.79 Å². The van der Waals surface area contributed by atoms with Crippen molar-refractivity contribution in [3.05, 3.63) is 23.8 Å². The van der Waals surface area contributed by atoms with Gasteiger partial charge < -0.3 is 10.2 Å². The van der Waals surface area contributed by atoms with Crippen LogP contribution >= 0.6 is 0 Å². The molecule has 1 aromatic carbocycles. The molecule has 0 aliphatic carbocycles. The van der Waals surface area contributed by atoms with E-state index in [9.17, 15) is 9.59 Å². The van der Waals surface area contributed by atoms with Gasteiger partial charge in [0, 0.05) is 12.6 Å². The average molecular weight is 245 g/mol. The fraction of sp³-hybridized carbons (Fsp3) is 0.385. The average Bonchev–Trinajstić information content (AvgIpc) is 2.32. The Morgan fingerprint density at radius 1 is 1.22 bits per heavy atom. The van der Waals surface area contributed by atoms with E-state index in [1.807, 2.05) is 32.0 Å². The first-order chi connectivity index (χ1) is 8.58. The van der Waals surface area contributed by atoms with Crippen LogP contribution in [0.25, 0.3) is 0 Å². The zero-order valence-electron chi connectivity index (χ0n) is 10.4. The minimum Gasteiger partial charge on any atom is -0.323 e. The second-order valence-corrected chi connectivity index (χ2v) is 4.95. The van der Waals surface area contributed by atoms with Gasteiger partial charge in [-0.3, -0.25) is 9.69 Å². The molecule has 5 nitrogen and oxygen atoms in total. The van der Waals surface area contributed by atoms with Crippen LogP contribution in [0.2, 0.25) is 0 Å². The van der Waals surface area contributed by atoms with Crippen LogP contribution < -0.4 is 10.2 Å². The zero-order chi connectivity index (χ0) is 12.9. The largest absolute Gasteiger partial charge is 0.325 e. The van der Waals surface area contributed by atoms with Crippen LogP contribution in [0.4, 0.5) is 16.2 Å². The molecule has 94 valence electrons. The van der Waals surface area contributed by atoms with E-state index in [1.165, 1.54) is 0 Å². The molecule has 0 unspecified atom stereocenters. The van der Waals surface area contributed by atoms with Crippen molar-refractivity contribution >= 4 is 23.3 Å². The van der Waals surface area contributed by atoms with Crippen LogP contribution in [0.5, 0.6) is 0 Å². The Hall–Kier alpha value is -2.04. The van der Waals surface area contributed by atoms with Crippen LogP contribution in [0.15, 0.2) is 18.2 Å². The van der Waals surface area contributed by atoms with Gasteiger partial charge >= 0.3 is 6.03 Å². The molecule has 5 heteroatoms. The first kappa shape index (κ1) is 11.1. The summed E-state index contributed by atoms with van der Waals surface area (Å²) in [6.45, 7) is 4.67. The number of amides is 3. The van der Waals surface area contributed by atoms with Crippen LogP contribution in [0.3, 0.4) is 0 Å². The summed E-state index contributed by atoms with van der Waals surface area (Å²) in [4.78, 5) is 27.4. The molecule has 0 atom stereocenters. The van der Waals surface area contributed by atoms with Crippen LogP contribution in [-0.2, 0) is 11.3 Å². The number of nitrogens with one attached hydrogen (secondary N) is 1. The minimum absolute atomic E-state index is 0.0835. The van der Waals surface area contributed by atoms with E-state index < -0.39 is 0 Å². The molecular weight excluding hydrogens is 230 g/mol. The van der Waals surface area contributed by atoms with E-state index in [0.717, 1.165) is 16.9 Å². The summed E-state index contributed by atoms with van der Waals surface area (Å²) in [5, 5.41) is 2.81. The maximum absolute atomic E-state index is 12.4. The highest BCUT2D eigenvalue weighted by atomic mass is 16.2. The number of hydrogen-bond acceptors (Lipinski definition) is 2. The second-order valence-electron chi connectivity index (χ2n) is 4.95. The monoisotopic (exact) mass is 245 g/mol. The molecule has 0 spiro atoms. The maximum Gasteiger partial charge on any atom is 0.325 e. The minimum atomic E-state index is -0.140. The lowest BCUT2D eigenvalue weighted by Gasteiger charge is -2.41. The molecule has 2 heterocycles. The molecular formula is C13H15N3O2. The van der Waals surface area contributed by atoms with Crippen molar-refractivity contribution in [2.45, 2.75) is 26.4 Å². The molecule has 0 bridgehead atoms. The van der Waals surface area contributed by atoms with Crippen molar-refractivity contribution in [3.8, 4) is 0 Å². The topological polar surface area (TPSA) is 52.6 Å². The molecule has 1 N–H and O–H groups in total. The van der Waals surface area contributed by atoms with Crippen LogP contribution in [0.1, 0.15) is 19.4 Å². The fourth-order valence-electron chi connectivity index (χ4n) is 2.52. The highest BCUT2D eigenvalue weighted by molar-refractivity contribution is 6.11. The summed E-state index contributed by atoms with van der Waals surface area (Å²) in [7, 11) is 0. The number of nitrogens with zero attached hydrogens (tertiary/aromatic N) is 2. The van der Waals surface area contributed by atoms with Crippen LogP contribution in [-0.4, -0.2) is 29.4 Å². The Morgan fingerprint density at radius 3 is 2.72 bits per heavy atom. The van der Waals surface area contributed by atoms with Crippen LogP contribution in [0, 0.1) is 0 Å². The number of para-hydroxylation sites is 1. The molecule has 3 rings (SSSR count). The number of carbonyl (C=O) groups is 2. The summed E-state index contributed by atoms with van der Waals surface area (Å²) in [6, 6.07) is 5.79. The molecule has 2 aliphatic rings. The first-order valence-electron chi connectivity index (χ1n) is 6.08. The quantitative estimate of drug-likeness (QED) is 0.820. The third kappa shape index (κ3) is 1.47. The highest BCUT2D eigenvalue weighted by Crippen LogP contribution is 2.38. The lowest BCUT2D eigenvalue weighted by Crippen LogP contribution is -2.54. The molecule has 0 fully saturated rings. The highest BCUT2D eigenvalue weighted by Gasteiger charge is 2.37. The Kier molecular flexibility index (Phi) is 2.29. The standard InChI is InChI=1S/C13H15N3O2/c1-8(2)15-6-9-4-3-5-10-12(9)16(13(15)18)7-11(17)14-10/h3-5,8H,6-7H2,1-2H3,(H,14,17). The Balaban J connectivity index is 2.14. The van der Waals surface area contributed by atoms with Gasteiger partial charge in [-0.05, 0) is 25.5 Å². The number of hydrogen-bond donors (Lipinski definition) is 1. The number of benzene rings is 1. The molecule has 0 aromatic heterocycles. The third-order valence-corrected chi connectivity index (χ3v) is 3.41.